The number of hydrogen-bond acceptors (Lipinski definition) is 6. The van der Waals surface area contributed by atoms with Crippen molar-refractivity contribution in [3.8, 4) is 23.3 Å². The number of nitro benzene ring substituents is 1. The van der Waals surface area contributed by atoms with E-state index in [4.69, 9.17) is 9.47 Å². The molecule has 3 rings (SSSR count). The summed E-state index contributed by atoms with van der Waals surface area (Å²) in [6, 6.07) is 4.06. The van der Waals surface area contributed by atoms with Gasteiger partial charge in [-0.2, -0.15) is 31.4 Å². The SMILES string of the molecule is Cn1nc(C(F)(F)F)cc1Oc1ccc([N+](=O)[O-])c(Oc2cc(C(F)(F)F)n(C)n2)c1. The van der Waals surface area contributed by atoms with Crippen molar-refractivity contribution < 1.29 is 40.7 Å². The number of hydrogen-bond donors (Lipinski definition) is 0. The van der Waals surface area contributed by atoms with Crippen LogP contribution < -0.4 is 9.47 Å². The maximum atomic E-state index is 12.9. The second-order valence-electron chi connectivity index (χ2n) is 6.07. The molecule has 15 heteroatoms. The Balaban J connectivity index is 1.94. The molecule has 2 heterocycles. The highest BCUT2D eigenvalue weighted by Crippen LogP contribution is 2.38. The Morgan fingerprint density at radius 1 is 0.935 bits per heavy atom. The number of aryl methyl sites for hydroxylation is 2. The molecule has 0 bridgehead atoms. The van der Waals surface area contributed by atoms with Gasteiger partial charge in [-0.15, -0.1) is 5.10 Å². The zero-order valence-electron chi connectivity index (χ0n) is 15.5. The zero-order chi connectivity index (χ0) is 23.1. The van der Waals surface area contributed by atoms with Gasteiger partial charge in [-0.1, -0.05) is 0 Å². The third kappa shape index (κ3) is 4.70. The van der Waals surface area contributed by atoms with E-state index in [1.807, 2.05) is 0 Å². The third-order valence-corrected chi connectivity index (χ3v) is 3.84. The van der Waals surface area contributed by atoms with Gasteiger partial charge in [-0.25, -0.2) is 4.68 Å². The molecule has 0 N–H and O–H groups in total. The average Bonchev–Trinajstić information content (AvgIpc) is 3.17. The summed E-state index contributed by atoms with van der Waals surface area (Å²) in [6.07, 6.45) is -9.46. The van der Waals surface area contributed by atoms with Crippen LogP contribution in [0.25, 0.3) is 0 Å². The number of halogens is 6. The van der Waals surface area contributed by atoms with Crippen LogP contribution in [-0.2, 0) is 26.4 Å². The van der Waals surface area contributed by atoms with Gasteiger partial charge in [0, 0.05) is 38.4 Å². The van der Waals surface area contributed by atoms with Gasteiger partial charge in [-0.3, -0.25) is 14.8 Å². The first-order valence-corrected chi connectivity index (χ1v) is 8.12. The van der Waals surface area contributed by atoms with Crippen LogP contribution in [0.5, 0.6) is 23.3 Å². The molecular formula is C16H11F6N5O4. The molecule has 0 amide bonds. The Bertz CT molecular complexity index is 1130. The summed E-state index contributed by atoms with van der Waals surface area (Å²) in [5, 5.41) is 18.0. The number of ether oxygens (including phenoxy) is 2. The number of benzene rings is 1. The minimum atomic E-state index is -4.74. The maximum Gasteiger partial charge on any atom is 0.435 e. The fraction of sp³-hybridized carbons (Fsp3) is 0.250. The molecule has 3 aromatic rings. The lowest BCUT2D eigenvalue weighted by Crippen LogP contribution is -2.11. The predicted molar refractivity (Wildman–Crippen MR) is 89.7 cm³/mol. The van der Waals surface area contributed by atoms with Gasteiger partial charge in [0.15, 0.2) is 5.69 Å². The van der Waals surface area contributed by atoms with Crippen LogP contribution in [-0.4, -0.2) is 24.5 Å². The van der Waals surface area contributed by atoms with E-state index < -0.39 is 46.0 Å². The van der Waals surface area contributed by atoms with Gasteiger partial charge < -0.3 is 9.47 Å². The molecule has 166 valence electrons. The van der Waals surface area contributed by atoms with Crippen molar-refractivity contribution in [2.75, 3.05) is 0 Å². The molecule has 31 heavy (non-hydrogen) atoms. The normalized spacial score (nSPS) is 12.1. The minimum absolute atomic E-state index is 0.190. The van der Waals surface area contributed by atoms with E-state index in [9.17, 15) is 36.5 Å². The summed E-state index contributed by atoms with van der Waals surface area (Å²) in [7, 11) is 2.18. The van der Waals surface area contributed by atoms with Crippen LogP contribution >= 0.6 is 0 Å². The first kappa shape index (κ1) is 21.9. The van der Waals surface area contributed by atoms with Crippen molar-refractivity contribution in [1.29, 1.82) is 0 Å². The van der Waals surface area contributed by atoms with Crippen LogP contribution in [0.2, 0.25) is 0 Å². The van der Waals surface area contributed by atoms with Gasteiger partial charge in [0.05, 0.1) is 4.92 Å². The van der Waals surface area contributed by atoms with E-state index in [1.54, 1.807) is 0 Å². The summed E-state index contributed by atoms with van der Waals surface area (Å²) >= 11 is 0. The Morgan fingerprint density at radius 2 is 1.61 bits per heavy atom. The summed E-state index contributed by atoms with van der Waals surface area (Å²) < 4.78 is 88.7. The van der Waals surface area contributed by atoms with Crippen LogP contribution in [0.1, 0.15) is 11.4 Å². The molecule has 0 fully saturated rings. The fourth-order valence-corrected chi connectivity index (χ4v) is 2.46. The van der Waals surface area contributed by atoms with Crippen molar-refractivity contribution in [1.82, 2.24) is 19.6 Å². The van der Waals surface area contributed by atoms with Crippen LogP contribution in [0.15, 0.2) is 30.3 Å². The standard InChI is InChI=1S/C16H11F6N5O4/c1-25-12(16(20,21)22)7-13(24-25)31-10-5-8(3-4-9(10)27(28)29)30-14-6-11(15(17,18)19)23-26(14)2/h3-7H,1-2H3. The van der Waals surface area contributed by atoms with Crippen molar-refractivity contribution in [2.45, 2.75) is 12.4 Å². The topological polar surface area (TPSA) is 97.2 Å². The number of aromatic nitrogens is 4. The first-order chi connectivity index (χ1) is 14.3. The van der Waals surface area contributed by atoms with E-state index in [0.29, 0.717) is 16.8 Å². The van der Waals surface area contributed by atoms with Crippen molar-refractivity contribution in [2.24, 2.45) is 14.1 Å². The Hall–Kier alpha value is -3.78. The lowest BCUT2D eigenvalue weighted by Gasteiger charge is -2.08. The molecule has 2 aromatic heterocycles. The van der Waals surface area contributed by atoms with Gasteiger partial charge in [0.25, 0.3) is 0 Å². The monoisotopic (exact) mass is 451 g/mol. The van der Waals surface area contributed by atoms with Crippen molar-refractivity contribution >= 4 is 5.69 Å². The van der Waals surface area contributed by atoms with E-state index in [1.165, 1.54) is 7.05 Å². The molecule has 0 saturated heterocycles. The average molecular weight is 451 g/mol. The van der Waals surface area contributed by atoms with Gasteiger partial charge in [0.2, 0.25) is 17.5 Å². The molecule has 0 aliphatic carbocycles. The van der Waals surface area contributed by atoms with Crippen LogP contribution in [0, 0.1) is 10.1 Å². The molecule has 0 unspecified atom stereocenters. The second kappa shape index (κ2) is 7.48. The highest BCUT2D eigenvalue weighted by atomic mass is 19.4. The van der Waals surface area contributed by atoms with Crippen molar-refractivity contribution in [3.05, 3.63) is 51.8 Å². The molecule has 1 aromatic carbocycles. The fourth-order valence-electron chi connectivity index (χ4n) is 2.46. The number of nitrogens with zero attached hydrogens (tertiary/aromatic N) is 5. The van der Waals surface area contributed by atoms with Crippen LogP contribution in [0.4, 0.5) is 32.0 Å². The van der Waals surface area contributed by atoms with Gasteiger partial charge in [-0.05, 0) is 6.07 Å². The van der Waals surface area contributed by atoms with Crippen LogP contribution in [0.3, 0.4) is 0 Å². The first-order valence-electron chi connectivity index (χ1n) is 8.12. The molecule has 0 saturated carbocycles. The molecule has 0 aliphatic heterocycles. The highest BCUT2D eigenvalue weighted by Gasteiger charge is 2.36. The molecule has 0 radical (unpaired) electrons. The predicted octanol–water partition coefficient (Wildman–Crippen LogP) is 4.68. The second-order valence-corrected chi connectivity index (χ2v) is 6.07. The Labute approximate surface area is 168 Å². The van der Waals surface area contributed by atoms with Crippen molar-refractivity contribution in [3.63, 3.8) is 0 Å². The van der Waals surface area contributed by atoms with E-state index in [2.05, 4.69) is 10.2 Å². The molecular weight excluding hydrogens is 440 g/mol. The Morgan fingerprint density at radius 3 is 2.13 bits per heavy atom. The quantitative estimate of drug-likeness (QED) is 0.317. The molecule has 0 aliphatic rings. The summed E-state index contributed by atoms with van der Waals surface area (Å²) in [5.41, 5.74) is -3.02. The Kier molecular flexibility index (Phi) is 5.29. The lowest BCUT2D eigenvalue weighted by molar-refractivity contribution is -0.385. The zero-order valence-corrected chi connectivity index (χ0v) is 15.5. The largest absolute Gasteiger partial charge is 0.439 e. The van der Waals surface area contributed by atoms with E-state index >= 15 is 0 Å². The minimum Gasteiger partial charge on any atom is -0.439 e. The van der Waals surface area contributed by atoms with Gasteiger partial charge >= 0.3 is 18.0 Å². The smallest absolute Gasteiger partial charge is 0.435 e. The maximum absolute atomic E-state index is 12.9. The number of nitro groups is 1. The lowest BCUT2D eigenvalue weighted by atomic mass is 10.3. The van der Waals surface area contributed by atoms with E-state index in [0.717, 1.165) is 29.9 Å². The summed E-state index contributed by atoms with van der Waals surface area (Å²) in [4.78, 5) is 10.4. The molecule has 0 spiro atoms. The highest BCUT2D eigenvalue weighted by molar-refractivity contribution is 5.52. The third-order valence-electron chi connectivity index (χ3n) is 3.84. The van der Waals surface area contributed by atoms with E-state index in [-0.39, 0.29) is 11.6 Å². The number of rotatable bonds is 5. The van der Waals surface area contributed by atoms with Gasteiger partial charge in [0.1, 0.15) is 11.4 Å². The molecule has 0 atom stereocenters. The number of alkyl halides is 6. The summed E-state index contributed by atoms with van der Waals surface area (Å²) in [5.74, 6) is -1.66. The summed E-state index contributed by atoms with van der Waals surface area (Å²) in [6.45, 7) is 0. The molecule has 9 nitrogen and oxygen atoms in total.